The lowest BCUT2D eigenvalue weighted by Crippen LogP contribution is -2.22. The van der Waals surface area contributed by atoms with Crippen LogP contribution in [0.1, 0.15) is 36.7 Å². The van der Waals surface area contributed by atoms with E-state index in [1.165, 1.54) is 6.08 Å². The van der Waals surface area contributed by atoms with E-state index in [2.05, 4.69) is 0 Å². The molecular weight excluding hydrogens is 216 g/mol. The predicted octanol–water partition coefficient (Wildman–Crippen LogP) is 2.85. The molecule has 0 aromatic heterocycles. The van der Waals surface area contributed by atoms with E-state index in [0.717, 1.165) is 6.29 Å². The SMILES string of the molecule is CC(C)(C)OC(=O)/C=C\c1ccccc1C=O. The molecule has 0 unspecified atom stereocenters. The summed E-state index contributed by atoms with van der Waals surface area (Å²) >= 11 is 0. The average Bonchev–Trinajstić information content (AvgIpc) is 2.24. The first-order valence-electron chi connectivity index (χ1n) is 5.37. The van der Waals surface area contributed by atoms with Gasteiger partial charge in [-0.3, -0.25) is 4.79 Å². The maximum absolute atomic E-state index is 11.4. The molecule has 0 saturated carbocycles. The fourth-order valence-corrected chi connectivity index (χ4v) is 1.26. The van der Waals surface area contributed by atoms with Gasteiger partial charge in [-0.15, -0.1) is 0 Å². The average molecular weight is 232 g/mol. The van der Waals surface area contributed by atoms with Crippen LogP contribution in [0.2, 0.25) is 0 Å². The van der Waals surface area contributed by atoms with Crippen LogP contribution in [0.5, 0.6) is 0 Å². The lowest BCUT2D eigenvalue weighted by Gasteiger charge is -2.17. The zero-order chi connectivity index (χ0) is 12.9. The molecule has 0 amide bonds. The molecule has 3 heteroatoms. The molecule has 90 valence electrons. The second kappa shape index (κ2) is 5.43. The quantitative estimate of drug-likeness (QED) is 0.457. The number of carbonyl (C=O) groups excluding carboxylic acids is 2. The minimum Gasteiger partial charge on any atom is -0.457 e. The van der Waals surface area contributed by atoms with E-state index in [1.807, 2.05) is 6.07 Å². The summed E-state index contributed by atoms with van der Waals surface area (Å²) in [7, 11) is 0. The summed E-state index contributed by atoms with van der Waals surface area (Å²) in [6.45, 7) is 5.41. The molecule has 0 saturated heterocycles. The molecule has 0 aliphatic carbocycles. The van der Waals surface area contributed by atoms with E-state index in [-0.39, 0.29) is 0 Å². The summed E-state index contributed by atoms with van der Waals surface area (Å²) in [5.74, 6) is -0.418. The highest BCUT2D eigenvalue weighted by Crippen LogP contribution is 2.10. The van der Waals surface area contributed by atoms with Crippen molar-refractivity contribution in [3.05, 3.63) is 41.5 Å². The molecule has 1 rings (SSSR count). The van der Waals surface area contributed by atoms with E-state index in [0.29, 0.717) is 11.1 Å². The number of esters is 1. The molecule has 0 heterocycles. The molecule has 0 fully saturated rings. The largest absolute Gasteiger partial charge is 0.457 e. The van der Waals surface area contributed by atoms with E-state index in [9.17, 15) is 9.59 Å². The van der Waals surface area contributed by atoms with Gasteiger partial charge in [0.25, 0.3) is 0 Å². The third-order valence-corrected chi connectivity index (χ3v) is 1.93. The van der Waals surface area contributed by atoms with Gasteiger partial charge in [0, 0.05) is 11.6 Å². The number of ether oxygens (including phenoxy) is 1. The van der Waals surface area contributed by atoms with Gasteiger partial charge in [-0.25, -0.2) is 4.79 Å². The Hall–Kier alpha value is -1.90. The number of benzene rings is 1. The van der Waals surface area contributed by atoms with Crippen LogP contribution in [0, 0.1) is 0 Å². The van der Waals surface area contributed by atoms with Crippen molar-refractivity contribution in [2.45, 2.75) is 26.4 Å². The molecule has 1 aromatic carbocycles. The van der Waals surface area contributed by atoms with Gasteiger partial charge in [-0.2, -0.15) is 0 Å². The highest BCUT2D eigenvalue weighted by molar-refractivity contribution is 5.90. The smallest absolute Gasteiger partial charge is 0.331 e. The first-order valence-corrected chi connectivity index (χ1v) is 5.37. The molecule has 0 bridgehead atoms. The third kappa shape index (κ3) is 4.64. The standard InChI is InChI=1S/C14H16O3/c1-14(2,3)17-13(16)9-8-11-6-4-5-7-12(11)10-15/h4-10H,1-3H3/b9-8-. The Balaban J connectivity index is 2.77. The van der Waals surface area contributed by atoms with Crippen LogP contribution in [0.25, 0.3) is 6.08 Å². The van der Waals surface area contributed by atoms with E-state index in [4.69, 9.17) is 4.74 Å². The van der Waals surface area contributed by atoms with Gasteiger partial charge < -0.3 is 4.74 Å². The monoisotopic (exact) mass is 232 g/mol. The third-order valence-electron chi connectivity index (χ3n) is 1.93. The van der Waals surface area contributed by atoms with Crippen LogP contribution >= 0.6 is 0 Å². The fraction of sp³-hybridized carbons (Fsp3) is 0.286. The number of carbonyl (C=O) groups is 2. The lowest BCUT2D eigenvalue weighted by molar-refractivity contribution is -0.148. The predicted molar refractivity (Wildman–Crippen MR) is 66.7 cm³/mol. The van der Waals surface area contributed by atoms with Gasteiger partial charge in [0.2, 0.25) is 0 Å². The van der Waals surface area contributed by atoms with Gasteiger partial charge >= 0.3 is 5.97 Å². The van der Waals surface area contributed by atoms with E-state index < -0.39 is 11.6 Å². The van der Waals surface area contributed by atoms with Crippen molar-refractivity contribution in [2.75, 3.05) is 0 Å². The van der Waals surface area contributed by atoms with Crippen molar-refractivity contribution in [3.8, 4) is 0 Å². The van der Waals surface area contributed by atoms with Crippen LogP contribution in [-0.4, -0.2) is 17.9 Å². The molecule has 1 aromatic rings. The van der Waals surface area contributed by atoms with Gasteiger partial charge in [0.15, 0.2) is 6.29 Å². The van der Waals surface area contributed by atoms with Gasteiger partial charge in [-0.1, -0.05) is 24.3 Å². The number of aldehydes is 1. The summed E-state index contributed by atoms with van der Waals surface area (Å²) in [5.41, 5.74) is 0.742. The minimum atomic E-state index is -0.508. The fourth-order valence-electron chi connectivity index (χ4n) is 1.26. The summed E-state index contributed by atoms with van der Waals surface area (Å²) in [6.07, 6.45) is 3.67. The number of hydrogen-bond acceptors (Lipinski definition) is 3. The molecular formula is C14H16O3. The van der Waals surface area contributed by atoms with Crippen LogP contribution in [0.15, 0.2) is 30.3 Å². The molecule has 0 aliphatic heterocycles. The zero-order valence-electron chi connectivity index (χ0n) is 10.3. The number of rotatable bonds is 3. The minimum absolute atomic E-state index is 0.418. The van der Waals surface area contributed by atoms with E-state index in [1.54, 1.807) is 45.0 Å². The van der Waals surface area contributed by atoms with Crippen molar-refractivity contribution in [1.29, 1.82) is 0 Å². The Bertz CT molecular complexity index is 439. The highest BCUT2D eigenvalue weighted by atomic mass is 16.6. The zero-order valence-corrected chi connectivity index (χ0v) is 10.3. The maximum Gasteiger partial charge on any atom is 0.331 e. The summed E-state index contributed by atoms with van der Waals surface area (Å²) in [6, 6.07) is 7.04. The van der Waals surface area contributed by atoms with Crippen LogP contribution in [0.4, 0.5) is 0 Å². The summed E-state index contributed by atoms with van der Waals surface area (Å²) < 4.78 is 5.12. The van der Waals surface area contributed by atoms with Gasteiger partial charge in [0.1, 0.15) is 5.60 Å². The molecule has 0 aliphatic rings. The van der Waals surface area contributed by atoms with E-state index >= 15 is 0 Å². The Labute approximate surface area is 101 Å². The van der Waals surface area contributed by atoms with Crippen LogP contribution < -0.4 is 0 Å². The summed E-state index contributed by atoms with van der Waals surface area (Å²) in [4.78, 5) is 22.2. The first kappa shape index (κ1) is 13.2. The maximum atomic E-state index is 11.4. The van der Waals surface area contributed by atoms with Crippen molar-refractivity contribution >= 4 is 18.3 Å². The second-order valence-corrected chi connectivity index (χ2v) is 4.61. The number of hydrogen-bond donors (Lipinski definition) is 0. The Morgan fingerprint density at radius 2 is 1.76 bits per heavy atom. The Morgan fingerprint density at radius 3 is 2.29 bits per heavy atom. The Kier molecular flexibility index (Phi) is 4.21. The molecule has 0 spiro atoms. The topological polar surface area (TPSA) is 43.4 Å². The molecule has 0 atom stereocenters. The highest BCUT2D eigenvalue weighted by Gasteiger charge is 2.13. The molecule has 17 heavy (non-hydrogen) atoms. The molecule has 0 radical (unpaired) electrons. The molecule has 3 nitrogen and oxygen atoms in total. The summed E-state index contributed by atoms with van der Waals surface area (Å²) in [5, 5.41) is 0. The Morgan fingerprint density at radius 1 is 1.18 bits per heavy atom. The van der Waals surface area contributed by atoms with Crippen molar-refractivity contribution < 1.29 is 14.3 Å². The van der Waals surface area contributed by atoms with Crippen LogP contribution in [0.3, 0.4) is 0 Å². The normalized spacial score (nSPS) is 11.5. The van der Waals surface area contributed by atoms with Crippen molar-refractivity contribution in [1.82, 2.24) is 0 Å². The van der Waals surface area contributed by atoms with Gasteiger partial charge in [-0.05, 0) is 32.4 Å². The lowest BCUT2D eigenvalue weighted by atomic mass is 10.1. The second-order valence-electron chi connectivity index (χ2n) is 4.61. The van der Waals surface area contributed by atoms with Crippen molar-refractivity contribution in [2.24, 2.45) is 0 Å². The van der Waals surface area contributed by atoms with Gasteiger partial charge in [0.05, 0.1) is 0 Å². The van der Waals surface area contributed by atoms with Crippen molar-refractivity contribution in [3.63, 3.8) is 0 Å². The van der Waals surface area contributed by atoms with Crippen LogP contribution in [-0.2, 0) is 9.53 Å². The first-order chi connectivity index (χ1) is 7.92. The molecule has 0 N–H and O–H groups in total.